The van der Waals surface area contributed by atoms with E-state index in [4.69, 9.17) is 14.7 Å². The molecule has 4 heteroatoms. The Morgan fingerprint density at radius 1 is 1.21 bits per heavy atom. The molecule has 0 aliphatic heterocycles. The molecule has 1 aromatic heterocycles. The van der Waals surface area contributed by atoms with Crippen molar-refractivity contribution in [1.29, 1.82) is 5.26 Å². The average molecular weight is 254 g/mol. The molecule has 0 unspecified atom stereocenters. The monoisotopic (exact) mass is 254 g/mol. The van der Waals surface area contributed by atoms with E-state index in [1.54, 1.807) is 31.5 Å². The number of nitrogens with zero attached hydrogens (tertiary/aromatic N) is 2. The second-order valence-corrected chi connectivity index (χ2v) is 3.93. The van der Waals surface area contributed by atoms with Crippen LogP contribution in [0.4, 0.5) is 0 Å². The lowest BCUT2D eigenvalue weighted by Crippen LogP contribution is -2.03. The van der Waals surface area contributed by atoms with E-state index >= 15 is 0 Å². The lowest BCUT2D eigenvalue weighted by Gasteiger charge is -2.08. The Bertz CT molecular complexity index is 576. The van der Waals surface area contributed by atoms with Gasteiger partial charge in [0.15, 0.2) is 0 Å². The van der Waals surface area contributed by atoms with E-state index in [1.165, 1.54) is 0 Å². The van der Waals surface area contributed by atoms with Gasteiger partial charge in [0, 0.05) is 24.4 Å². The molecule has 0 saturated heterocycles. The van der Waals surface area contributed by atoms with Crippen molar-refractivity contribution in [2.24, 2.45) is 0 Å². The number of hydrogen-bond donors (Lipinski definition) is 0. The minimum atomic E-state index is 0.509. The Hall–Kier alpha value is -2.54. The van der Waals surface area contributed by atoms with Crippen molar-refractivity contribution in [3.05, 3.63) is 53.9 Å². The first-order valence-corrected chi connectivity index (χ1v) is 5.93. The van der Waals surface area contributed by atoms with Crippen molar-refractivity contribution in [2.75, 3.05) is 13.7 Å². The molecule has 0 aliphatic rings. The first kappa shape index (κ1) is 12.9. The summed E-state index contributed by atoms with van der Waals surface area (Å²) in [6, 6.07) is 13.0. The van der Waals surface area contributed by atoms with Crippen LogP contribution in [0.2, 0.25) is 0 Å². The summed E-state index contributed by atoms with van der Waals surface area (Å²) in [4.78, 5) is 4.22. The molecule has 4 nitrogen and oxygen atoms in total. The second kappa shape index (κ2) is 6.41. The number of nitriles is 1. The normalized spacial score (nSPS) is 9.68. The van der Waals surface area contributed by atoms with Crippen LogP contribution in [0.3, 0.4) is 0 Å². The molecular weight excluding hydrogens is 240 g/mol. The van der Waals surface area contributed by atoms with Gasteiger partial charge in [-0.1, -0.05) is 6.07 Å². The highest BCUT2D eigenvalue weighted by molar-refractivity contribution is 5.43. The van der Waals surface area contributed by atoms with Gasteiger partial charge in [-0.3, -0.25) is 4.98 Å². The second-order valence-electron chi connectivity index (χ2n) is 3.93. The predicted octanol–water partition coefficient (Wildman–Crippen LogP) is 2.58. The fourth-order valence-electron chi connectivity index (χ4n) is 1.66. The molecule has 1 heterocycles. The van der Waals surface area contributed by atoms with Crippen molar-refractivity contribution in [3.63, 3.8) is 0 Å². The van der Waals surface area contributed by atoms with Crippen molar-refractivity contribution in [3.8, 4) is 17.6 Å². The molecule has 0 amide bonds. The lowest BCUT2D eigenvalue weighted by molar-refractivity contribution is 0.317. The molecule has 0 N–H and O–H groups in total. The molecule has 2 rings (SSSR count). The van der Waals surface area contributed by atoms with Crippen molar-refractivity contribution in [1.82, 2.24) is 4.98 Å². The predicted molar refractivity (Wildman–Crippen MR) is 71.1 cm³/mol. The van der Waals surface area contributed by atoms with E-state index in [0.29, 0.717) is 23.7 Å². The van der Waals surface area contributed by atoms with Crippen LogP contribution in [0.25, 0.3) is 0 Å². The molecule has 0 bridgehead atoms. The Labute approximate surface area is 112 Å². The van der Waals surface area contributed by atoms with E-state index in [-0.39, 0.29) is 0 Å². The summed E-state index contributed by atoms with van der Waals surface area (Å²) in [5.74, 6) is 1.25. The third-order valence-electron chi connectivity index (χ3n) is 2.60. The van der Waals surface area contributed by atoms with Gasteiger partial charge in [-0.2, -0.15) is 5.26 Å². The number of rotatable bonds is 5. The van der Waals surface area contributed by atoms with Gasteiger partial charge in [0.05, 0.1) is 25.3 Å². The maximum Gasteiger partial charge on any atom is 0.124 e. The first-order valence-electron chi connectivity index (χ1n) is 5.93. The molecule has 0 saturated carbocycles. The van der Waals surface area contributed by atoms with Crippen molar-refractivity contribution >= 4 is 0 Å². The maximum absolute atomic E-state index is 8.91. The van der Waals surface area contributed by atoms with Gasteiger partial charge in [-0.25, -0.2) is 0 Å². The van der Waals surface area contributed by atoms with Crippen LogP contribution in [0.1, 0.15) is 11.3 Å². The Morgan fingerprint density at radius 3 is 2.74 bits per heavy atom. The smallest absolute Gasteiger partial charge is 0.124 e. The molecule has 0 aliphatic carbocycles. The molecule has 0 spiro atoms. The van der Waals surface area contributed by atoms with E-state index in [1.807, 2.05) is 18.2 Å². The minimum Gasteiger partial charge on any atom is -0.497 e. The number of pyridine rings is 1. The summed E-state index contributed by atoms with van der Waals surface area (Å²) in [5.41, 5.74) is 1.50. The van der Waals surface area contributed by atoms with Gasteiger partial charge in [-0.15, -0.1) is 0 Å². The van der Waals surface area contributed by atoms with Gasteiger partial charge < -0.3 is 9.47 Å². The molecule has 0 fully saturated rings. The van der Waals surface area contributed by atoms with E-state index in [9.17, 15) is 0 Å². The Balaban J connectivity index is 1.98. The summed E-state index contributed by atoms with van der Waals surface area (Å²) >= 11 is 0. The number of methoxy groups -OCH3 is 1. The third-order valence-corrected chi connectivity index (χ3v) is 2.60. The highest BCUT2D eigenvalue weighted by Crippen LogP contribution is 2.22. The fourth-order valence-corrected chi connectivity index (χ4v) is 1.66. The summed E-state index contributed by atoms with van der Waals surface area (Å²) in [6.45, 7) is 0.509. The third kappa shape index (κ3) is 3.71. The number of benzene rings is 1. The molecule has 0 atom stereocenters. The number of aromatic nitrogens is 1. The minimum absolute atomic E-state index is 0.509. The van der Waals surface area contributed by atoms with Crippen LogP contribution in [-0.2, 0) is 6.42 Å². The van der Waals surface area contributed by atoms with Gasteiger partial charge in [0.25, 0.3) is 0 Å². The highest BCUT2D eigenvalue weighted by atomic mass is 16.5. The van der Waals surface area contributed by atoms with Crippen LogP contribution in [0, 0.1) is 11.3 Å². The van der Waals surface area contributed by atoms with Gasteiger partial charge in [0.1, 0.15) is 11.5 Å². The zero-order valence-electron chi connectivity index (χ0n) is 10.7. The van der Waals surface area contributed by atoms with Crippen molar-refractivity contribution in [2.45, 2.75) is 6.42 Å². The summed E-state index contributed by atoms with van der Waals surface area (Å²) in [7, 11) is 1.56. The van der Waals surface area contributed by atoms with Crippen LogP contribution >= 0.6 is 0 Å². The largest absolute Gasteiger partial charge is 0.497 e. The number of ether oxygens (including phenoxy) is 2. The van der Waals surface area contributed by atoms with Gasteiger partial charge >= 0.3 is 0 Å². The van der Waals surface area contributed by atoms with Crippen LogP contribution in [0.15, 0.2) is 42.6 Å². The fraction of sp³-hybridized carbons (Fsp3) is 0.200. The summed E-state index contributed by atoms with van der Waals surface area (Å²) < 4.78 is 10.7. The van der Waals surface area contributed by atoms with Crippen LogP contribution < -0.4 is 9.47 Å². The standard InChI is InChI=1S/C15H14N2O2/c1-18-14-8-12(11-16)9-15(10-14)19-7-5-13-4-2-3-6-17-13/h2-4,6,8-10H,5,7H2,1H3. The molecular formula is C15H14N2O2. The molecule has 0 radical (unpaired) electrons. The number of hydrogen-bond acceptors (Lipinski definition) is 4. The van der Waals surface area contributed by atoms with Crippen LogP contribution in [0.5, 0.6) is 11.5 Å². The Morgan fingerprint density at radius 2 is 2.05 bits per heavy atom. The quantitative estimate of drug-likeness (QED) is 0.823. The van der Waals surface area contributed by atoms with Gasteiger partial charge in [-0.05, 0) is 24.3 Å². The summed E-state index contributed by atoms with van der Waals surface area (Å²) in [5, 5.41) is 8.91. The topological polar surface area (TPSA) is 55.1 Å². The van der Waals surface area contributed by atoms with Crippen molar-refractivity contribution < 1.29 is 9.47 Å². The molecule has 2 aromatic rings. The van der Waals surface area contributed by atoms with Crippen LogP contribution in [-0.4, -0.2) is 18.7 Å². The Kier molecular flexibility index (Phi) is 4.35. The molecule has 96 valence electrons. The van der Waals surface area contributed by atoms with E-state index in [0.717, 1.165) is 12.1 Å². The lowest BCUT2D eigenvalue weighted by atomic mass is 10.2. The first-order chi connectivity index (χ1) is 9.31. The average Bonchev–Trinajstić information content (AvgIpc) is 2.48. The maximum atomic E-state index is 8.91. The molecule has 1 aromatic carbocycles. The van der Waals surface area contributed by atoms with E-state index < -0.39 is 0 Å². The zero-order chi connectivity index (χ0) is 13.5. The summed E-state index contributed by atoms with van der Waals surface area (Å²) in [6.07, 6.45) is 2.48. The SMILES string of the molecule is COc1cc(C#N)cc(OCCc2ccccn2)c1. The zero-order valence-corrected chi connectivity index (χ0v) is 10.7. The molecule has 19 heavy (non-hydrogen) atoms. The van der Waals surface area contributed by atoms with E-state index in [2.05, 4.69) is 11.1 Å². The van der Waals surface area contributed by atoms with Gasteiger partial charge in [0.2, 0.25) is 0 Å². The highest BCUT2D eigenvalue weighted by Gasteiger charge is 2.02.